The van der Waals surface area contributed by atoms with Crippen molar-refractivity contribution >= 4 is 43.4 Å². The summed E-state index contributed by atoms with van der Waals surface area (Å²) in [6, 6.07) is 68.9. The Balaban J connectivity index is 1.16. The van der Waals surface area contributed by atoms with Crippen LogP contribution in [0.15, 0.2) is 188 Å². The van der Waals surface area contributed by atoms with Crippen LogP contribution in [0.2, 0.25) is 0 Å². The van der Waals surface area contributed by atoms with Crippen molar-refractivity contribution in [2.75, 3.05) is 0 Å². The first-order chi connectivity index (χ1) is 26.3. The fourth-order valence-corrected chi connectivity index (χ4v) is 9.59. The third-order valence-electron chi connectivity index (χ3n) is 11.8. The van der Waals surface area contributed by atoms with E-state index in [-0.39, 0.29) is 0 Å². The first-order valence-electron chi connectivity index (χ1n) is 18.3. The minimum absolute atomic E-state index is 0.522. The van der Waals surface area contributed by atoms with Gasteiger partial charge in [-0.1, -0.05) is 146 Å². The summed E-state index contributed by atoms with van der Waals surface area (Å²) in [6.07, 6.45) is 0. The van der Waals surface area contributed by atoms with Gasteiger partial charge in [-0.15, -0.1) is 0 Å². The van der Waals surface area contributed by atoms with Crippen molar-refractivity contribution < 1.29 is 4.74 Å². The molecule has 2 aliphatic rings. The third kappa shape index (κ3) is 3.82. The monoisotopic (exact) mass is 673 g/mol. The van der Waals surface area contributed by atoms with Crippen molar-refractivity contribution in [1.29, 1.82) is 0 Å². The number of hydrogen-bond acceptors (Lipinski definition) is 1. The van der Waals surface area contributed by atoms with E-state index >= 15 is 0 Å². The minimum Gasteiger partial charge on any atom is -0.457 e. The summed E-state index contributed by atoms with van der Waals surface area (Å²) in [5.74, 6) is 1.79. The van der Waals surface area contributed by atoms with E-state index in [9.17, 15) is 0 Å². The first-order valence-corrected chi connectivity index (χ1v) is 18.3. The number of rotatable bonds is 2. The maximum Gasteiger partial charge on any atom is 0.134 e. The predicted octanol–water partition coefficient (Wildman–Crippen LogP) is 13.2. The molecule has 1 aromatic heterocycles. The highest BCUT2D eigenvalue weighted by Crippen LogP contribution is 2.62. The standard InChI is InChI=1S/C51H31NO/c1-2-13-35-29-36(22-21-32(35)11-1)33-23-26-37(27-24-33)52-46-28-25-34-12-3-4-14-38(34)50(46)41-30-45-49(31-47(41)52)53-48-20-10-9-19-44(48)51(45)42-17-7-5-15-39(42)40-16-6-8-18-43(40)51/h1-31H. The van der Waals surface area contributed by atoms with Crippen LogP contribution in [0.1, 0.15) is 22.3 Å². The first kappa shape index (κ1) is 28.8. The van der Waals surface area contributed by atoms with Crippen LogP contribution in [0.25, 0.3) is 71.3 Å². The smallest absolute Gasteiger partial charge is 0.134 e. The van der Waals surface area contributed by atoms with Crippen LogP contribution in [0.4, 0.5) is 0 Å². The summed E-state index contributed by atoms with van der Waals surface area (Å²) in [5.41, 5.74) is 12.8. The predicted molar refractivity (Wildman–Crippen MR) is 219 cm³/mol. The molecule has 2 nitrogen and oxygen atoms in total. The Hall–Kier alpha value is -6.90. The average Bonchev–Trinajstić information content (AvgIpc) is 3.71. The lowest BCUT2D eigenvalue weighted by atomic mass is 9.66. The molecule has 2 heteroatoms. The van der Waals surface area contributed by atoms with E-state index in [0.29, 0.717) is 0 Å². The number of para-hydroxylation sites is 1. The molecule has 53 heavy (non-hydrogen) atoms. The van der Waals surface area contributed by atoms with E-state index in [1.807, 2.05) is 0 Å². The summed E-state index contributed by atoms with van der Waals surface area (Å²) >= 11 is 0. The van der Waals surface area contributed by atoms with Crippen LogP contribution in [0, 0.1) is 0 Å². The molecule has 1 aliphatic carbocycles. The van der Waals surface area contributed by atoms with Gasteiger partial charge in [0.25, 0.3) is 0 Å². The second kappa shape index (κ2) is 10.6. The molecular weight excluding hydrogens is 643 g/mol. The maximum atomic E-state index is 6.98. The van der Waals surface area contributed by atoms with Crippen LogP contribution < -0.4 is 4.74 Å². The van der Waals surface area contributed by atoms with Crippen LogP contribution in [0.5, 0.6) is 11.5 Å². The highest BCUT2D eigenvalue weighted by Gasteiger charge is 2.51. The average molecular weight is 674 g/mol. The number of ether oxygens (including phenoxy) is 1. The lowest BCUT2D eigenvalue weighted by Gasteiger charge is -2.39. The van der Waals surface area contributed by atoms with Crippen LogP contribution in [-0.2, 0) is 5.41 Å². The van der Waals surface area contributed by atoms with Crippen LogP contribution in [0.3, 0.4) is 0 Å². The zero-order valence-electron chi connectivity index (χ0n) is 28.8. The SMILES string of the molecule is c1ccc2c(c1)Oc1cc3c(cc1C21c2ccccc2-c2ccccc21)c1c2ccccc2ccc1n3-c1ccc(-c2ccc3ccccc3c2)cc1. The Labute approximate surface area is 306 Å². The Morgan fingerprint density at radius 1 is 0.377 bits per heavy atom. The second-order valence-corrected chi connectivity index (χ2v) is 14.4. The van der Waals surface area contributed by atoms with Crippen molar-refractivity contribution in [2.45, 2.75) is 5.41 Å². The number of nitrogens with zero attached hydrogens (tertiary/aromatic N) is 1. The molecule has 0 saturated carbocycles. The normalized spacial score (nSPS) is 13.6. The fourth-order valence-electron chi connectivity index (χ4n) is 9.59. The van der Waals surface area contributed by atoms with Gasteiger partial charge in [-0.3, -0.25) is 0 Å². The van der Waals surface area contributed by atoms with Crippen molar-refractivity contribution in [3.63, 3.8) is 0 Å². The largest absolute Gasteiger partial charge is 0.457 e. The lowest BCUT2D eigenvalue weighted by Crippen LogP contribution is -2.32. The van der Waals surface area contributed by atoms with Crippen molar-refractivity contribution in [3.8, 4) is 39.4 Å². The molecule has 10 aromatic rings. The van der Waals surface area contributed by atoms with Gasteiger partial charge in [0.2, 0.25) is 0 Å². The molecule has 0 unspecified atom stereocenters. The van der Waals surface area contributed by atoms with Gasteiger partial charge < -0.3 is 9.30 Å². The molecule has 0 N–H and O–H groups in total. The number of hydrogen-bond donors (Lipinski definition) is 0. The topological polar surface area (TPSA) is 14.2 Å². The molecule has 0 bridgehead atoms. The molecule has 246 valence electrons. The number of benzene rings is 9. The lowest BCUT2D eigenvalue weighted by molar-refractivity contribution is 0.437. The molecule has 12 rings (SSSR count). The third-order valence-corrected chi connectivity index (χ3v) is 11.8. The molecule has 0 saturated heterocycles. The van der Waals surface area contributed by atoms with E-state index < -0.39 is 5.41 Å². The van der Waals surface area contributed by atoms with E-state index in [4.69, 9.17) is 4.74 Å². The van der Waals surface area contributed by atoms with Gasteiger partial charge in [0.05, 0.1) is 16.4 Å². The molecule has 0 radical (unpaired) electrons. The zero-order valence-corrected chi connectivity index (χ0v) is 28.8. The summed E-state index contributed by atoms with van der Waals surface area (Å²) in [5, 5.41) is 7.47. The van der Waals surface area contributed by atoms with Gasteiger partial charge in [-0.2, -0.15) is 0 Å². The molecule has 9 aromatic carbocycles. The summed E-state index contributed by atoms with van der Waals surface area (Å²) in [6.45, 7) is 0. The molecule has 0 fully saturated rings. The van der Waals surface area contributed by atoms with Gasteiger partial charge in [0, 0.05) is 33.7 Å². The number of fused-ring (bicyclic) bond motifs is 15. The molecule has 1 aliphatic heterocycles. The second-order valence-electron chi connectivity index (χ2n) is 14.4. The molecule has 0 amide bonds. The van der Waals surface area contributed by atoms with E-state index in [2.05, 4.69) is 193 Å². The quantitative estimate of drug-likeness (QED) is 0.178. The highest BCUT2D eigenvalue weighted by molar-refractivity contribution is 6.22. The highest BCUT2D eigenvalue weighted by atomic mass is 16.5. The molecule has 2 heterocycles. The Morgan fingerprint density at radius 3 is 1.79 bits per heavy atom. The van der Waals surface area contributed by atoms with E-state index in [1.165, 1.54) is 82.3 Å². The zero-order chi connectivity index (χ0) is 34.7. The maximum absolute atomic E-state index is 6.98. The van der Waals surface area contributed by atoms with Gasteiger partial charge in [0.15, 0.2) is 0 Å². The van der Waals surface area contributed by atoms with E-state index in [0.717, 1.165) is 22.7 Å². The Morgan fingerprint density at radius 2 is 1.00 bits per heavy atom. The van der Waals surface area contributed by atoms with Gasteiger partial charge in [0.1, 0.15) is 11.5 Å². The van der Waals surface area contributed by atoms with Crippen molar-refractivity contribution in [1.82, 2.24) is 4.57 Å². The summed E-state index contributed by atoms with van der Waals surface area (Å²) in [4.78, 5) is 0. The van der Waals surface area contributed by atoms with Crippen LogP contribution in [-0.4, -0.2) is 4.57 Å². The van der Waals surface area contributed by atoms with E-state index in [1.54, 1.807) is 0 Å². The molecule has 1 spiro atoms. The summed E-state index contributed by atoms with van der Waals surface area (Å²) in [7, 11) is 0. The Kier molecular flexibility index (Phi) is 5.73. The summed E-state index contributed by atoms with van der Waals surface area (Å²) < 4.78 is 9.40. The molecular formula is C51H31NO. The van der Waals surface area contributed by atoms with Gasteiger partial charge in [-0.05, 0) is 91.3 Å². The Bertz CT molecular complexity index is 3100. The molecule has 0 atom stereocenters. The van der Waals surface area contributed by atoms with Gasteiger partial charge in [-0.25, -0.2) is 0 Å². The van der Waals surface area contributed by atoms with Gasteiger partial charge >= 0.3 is 0 Å². The van der Waals surface area contributed by atoms with Crippen molar-refractivity contribution in [3.05, 3.63) is 210 Å². The minimum atomic E-state index is -0.522. The fraction of sp³-hybridized carbons (Fsp3) is 0.0196. The van der Waals surface area contributed by atoms with Crippen LogP contribution >= 0.6 is 0 Å². The number of aromatic nitrogens is 1. The van der Waals surface area contributed by atoms with Crippen molar-refractivity contribution in [2.24, 2.45) is 0 Å².